The van der Waals surface area contributed by atoms with Crippen molar-refractivity contribution in [1.29, 1.82) is 0 Å². The first-order valence-corrected chi connectivity index (χ1v) is 3.80. The Hall–Kier alpha value is -1.34. The number of nitrogens with one attached hydrogen (secondary N) is 1. The highest BCUT2D eigenvalue weighted by atomic mass is 16.6. The molecule has 0 aromatic heterocycles. The maximum atomic E-state index is 10.7. The van der Waals surface area contributed by atoms with Gasteiger partial charge in [0.2, 0.25) is 5.91 Å². The van der Waals surface area contributed by atoms with E-state index in [9.17, 15) is 4.79 Å². The van der Waals surface area contributed by atoms with E-state index in [4.69, 9.17) is 11.5 Å². The van der Waals surface area contributed by atoms with Gasteiger partial charge in [-0.3, -0.25) is 14.6 Å². The largest absolute Gasteiger partial charge is 0.370 e. The fourth-order valence-electron chi connectivity index (χ4n) is 0.642. The maximum absolute atomic E-state index is 10.7. The highest BCUT2D eigenvalue weighted by Gasteiger charge is 1.97. The lowest BCUT2D eigenvalue weighted by Gasteiger charge is -2.01. The molecular weight excluding hydrogens is 174 g/mol. The van der Waals surface area contributed by atoms with E-state index in [1.807, 2.05) is 0 Å². The van der Waals surface area contributed by atoms with E-state index in [0.717, 1.165) is 0 Å². The van der Waals surface area contributed by atoms with Crippen LogP contribution in [-0.2, 0) is 9.63 Å². The Morgan fingerprint density at radius 2 is 2.15 bits per heavy atom. The van der Waals surface area contributed by atoms with Gasteiger partial charge in [-0.25, -0.2) is 5.90 Å². The molecule has 0 aliphatic carbocycles. The van der Waals surface area contributed by atoms with E-state index in [2.05, 4.69) is 21.0 Å². The van der Waals surface area contributed by atoms with E-state index in [0.29, 0.717) is 19.5 Å². The zero-order valence-electron chi connectivity index (χ0n) is 7.32. The SMILES string of the molecule is NOCC(=O)NCCCN=C(N)N. The third-order valence-electron chi connectivity index (χ3n) is 1.17. The van der Waals surface area contributed by atoms with Crippen molar-refractivity contribution in [2.24, 2.45) is 22.4 Å². The van der Waals surface area contributed by atoms with Crippen molar-refractivity contribution in [3.05, 3.63) is 0 Å². The molecule has 7 heteroatoms. The van der Waals surface area contributed by atoms with Crippen LogP contribution in [0.25, 0.3) is 0 Å². The quantitative estimate of drug-likeness (QED) is 0.161. The van der Waals surface area contributed by atoms with Gasteiger partial charge in [-0.05, 0) is 6.42 Å². The average molecular weight is 189 g/mol. The Morgan fingerprint density at radius 1 is 1.46 bits per heavy atom. The molecule has 76 valence electrons. The third-order valence-corrected chi connectivity index (χ3v) is 1.17. The van der Waals surface area contributed by atoms with E-state index in [1.54, 1.807) is 0 Å². The lowest BCUT2D eigenvalue weighted by molar-refractivity contribution is -0.125. The van der Waals surface area contributed by atoms with Crippen molar-refractivity contribution >= 4 is 11.9 Å². The number of hydrogen-bond donors (Lipinski definition) is 4. The molecule has 0 heterocycles. The minimum Gasteiger partial charge on any atom is -0.370 e. The van der Waals surface area contributed by atoms with Crippen molar-refractivity contribution in [1.82, 2.24) is 5.32 Å². The Bertz CT molecular complexity index is 178. The summed E-state index contributed by atoms with van der Waals surface area (Å²) in [7, 11) is 0. The van der Waals surface area contributed by atoms with Crippen LogP contribution in [-0.4, -0.2) is 31.6 Å². The van der Waals surface area contributed by atoms with Crippen LogP contribution >= 0.6 is 0 Å². The van der Waals surface area contributed by atoms with Crippen molar-refractivity contribution in [3.8, 4) is 0 Å². The predicted octanol–water partition coefficient (Wildman–Crippen LogP) is -2.34. The Morgan fingerprint density at radius 3 is 2.69 bits per heavy atom. The van der Waals surface area contributed by atoms with Crippen LogP contribution in [0.15, 0.2) is 4.99 Å². The molecular formula is C6H15N5O2. The second-order valence-electron chi connectivity index (χ2n) is 2.32. The average Bonchev–Trinajstić information content (AvgIpc) is 2.03. The first-order valence-electron chi connectivity index (χ1n) is 3.80. The lowest BCUT2D eigenvalue weighted by Crippen LogP contribution is -2.30. The number of carbonyl (C=O) groups is 1. The van der Waals surface area contributed by atoms with Gasteiger partial charge in [0.05, 0.1) is 0 Å². The van der Waals surface area contributed by atoms with Crippen LogP contribution < -0.4 is 22.7 Å². The first-order chi connectivity index (χ1) is 6.16. The van der Waals surface area contributed by atoms with Gasteiger partial charge in [0.1, 0.15) is 6.61 Å². The number of nitrogens with two attached hydrogens (primary N) is 3. The number of nitrogens with zero attached hydrogens (tertiary/aromatic N) is 1. The number of hydrogen-bond acceptors (Lipinski definition) is 4. The fraction of sp³-hybridized carbons (Fsp3) is 0.667. The van der Waals surface area contributed by atoms with Crippen LogP contribution in [0.5, 0.6) is 0 Å². The summed E-state index contributed by atoms with van der Waals surface area (Å²) < 4.78 is 0. The van der Waals surface area contributed by atoms with Gasteiger partial charge in [-0.1, -0.05) is 0 Å². The molecule has 1 amide bonds. The minimum atomic E-state index is -0.257. The molecule has 7 N–H and O–H groups in total. The molecule has 0 spiro atoms. The predicted molar refractivity (Wildman–Crippen MR) is 48.4 cm³/mol. The van der Waals surface area contributed by atoms with Crippen LogP contribution in [0, 0.1) is 0 Å². The minimum absolute atomic E-state index is 0.0524. The van der Waals surface area contributed by atoms with Crippen molar-refractivity contribution in [3.63, 3.8) is 0 Å². The van der Waals surface area contributed by atoms with Gasteiger partial charge in [-0.15, -0.1) is 0 Å². The maximum Gasteiger partial charge on any atom is 0.248 e. The number of carbonyl (C=O) groups excluding carboxylic acids is 1. The van der Waals surface area contributed by atoms with Crippen molar-refractivity contribution < 1.29 is 9.63 Å². The van der Waals surface area contributed by atoms with Gasteiger partial charge in [-0.2, -0.15) is 0 Å². The fourth-order valence-corrected chi connectivity index (χ4v) is 0.642. The molecule has 0 aromatic carbocycles. The lowest BCUT2D eigenvalue weighted by atomic mass is 10.4. The number of amides is 1. The van der Waals surface area contributed by atoms with E-state index < -0.39 is 0 Å². The van der Waals surface area contributed by atoms with Crippen molar-refractivity contribution in [2.45, 2.75) is 6.42 Å². The second-order valence-corrected chi connectivity index (χ2v) is 2.32. The van der Waals surface area contributed by atoms with Crippen LogP contribution in [0.1, 0.15) is 6.42 Å². The molecule has 0 atom stereocenters. The number of guanidine groups is 1. The third kappa shape index (κ3) is 8.57. The molecule has 0 aliphatic rings. The molecule has 0 aromatic rings. The van der Waals surface area contributed by atoms with Gasteiger partial charge in [0, 0.05) is 13.1 Å². The highest BCUT2D eigenvalue weighted by Crippen LogP contribution is 1.78. The Balaban J connectivity index is 3.26. The summed E-state index contributed by atoms with van der Waals surface area (Å²) in [4.78, 5) is 18.6. The van der Waals surface area contributed by atoms with Gasteiger partial charge < -0.3 is 16.8 Å². The summed E-state index contributed by atoms with van der Waals surface area (Å²) in [6.07, 6.45) is 0.675. The Kier molecular flexibility index (Phi) is 6.56. The van der Waals surface area contributed by atoms with Crippen LogP contribution in [0.3, 0.4) is 0 Å². The summed E-state index contributed by atoms with van der Waals surface area (Å²) >= 11 is 0. The molecule has 0 unspecified atom stereocenters. The zero-order valence-corrected chi connectivity index (χ0v) is 7.32. The molecule has 0 radical (unpaired) electrons. The summed E-state index contributed by atoms with van der Waals surface area (Å²) in [5.41, 5.74) is 10.2. The topological polar surface area (TPSA) is 129 Å². The van der Waals surface area contributed by atoms with Gasteiger partial charge in [0.25, 0.3) is 0 Å². The monoisotopic (exact) mass is 189 g/mol. The molecule has 13 heavy (non-hydrogen) atoms. The molecule has 0 saturated carbocycles. The summed E-state index contributed by atoms with van der Waals surface area (Å²) in [5, 5.41) is 2.56. The molecule has 0 bridgehead atoms. The van der Waals surface area contributed by atoms with E-state index in [-0.39, 0.29) is 18.5 Å². The highest BCUT2D eigenvalue weighted by molar-refractivity contribution is 5.77. The van der Waals surface area contributed by atoms with Gasteiger partial charge >= 0.3 is 0 Å². The van der Waals surface area contributed by atoms with Gasteiger partial charge in [0.15, 0.2) is 5.96 Å². The summed E-state index contributed by atoms with van der Waals surface area (Å²) in [5.74, 6) is 4.48. The number of rotatable bonds is 6. The number of aliphatic imine (C=N–C) groups is 1. The smallest absolute Gasteiger partial charge is 0.248 e. The van der Waals surface area contributed by atoms with Crippen LogP contribution in [0.4, 0.5) is 0 Å². The molecule has 0 rings (SSSR count). The normalized spacial score (nSPS) is 9.31. The van der Waals surface area contributed by atoms with Crippen molar-refractivity contribution in [2.75, 3.05) is 19.7 Å². The molecule has 0 fully saturated rings. The Labute approximate surface area is 76.3 Å². The molecule has 7 nitrogen and oxygen atoms in total. The molecule has 0 saturated heterocycles. The van der Waals surface area contributed by atoms with E-state index in [1.165, 1.54) is 0 Å². The second kappa shape index (κ2) is 7.32. The summed E-state index contributed by atoms with van der Waals surface area (Å²) in [6, 6.07) is 0. The zero-order chi connectivity index (χ0) is 10.1. The first kappa shape index (κ1) is 11.7. The van der Waals surface area contributed by atoms with E-state index >= 15 is 0 Å². The molecule has 0 aliphatic heterocycles. The standard InChI is InChI=1S/C6H15N5O2/c7-6(8)11-3-1-2-10-5(12)4-13-9/h1-4,9H2,(H,10,12)(H4,7,8,11). The van der Waals surface area contributed by atoms with Crippen LogP contribution in [0.2, 0.25) is 0 Å². The summed E-state index contributed by atoms with van der Waals surface area (Å²) in [6.45, 7) is 0.855.